The molecule has 0 bridgehead atoms. The maximum Gasteiger partial charge on any atom is 0.149 e. The van der Waals surface area contributed by atoms with Crippen molar-refractivity contribution in [2.75, 3.05) is 31.7 Å². The summed E-state index contributed by atoms with van der Waals surface area (Å²) in [5.41, 5.74) is 0.738. The average molecular weight is 284 g/mol. The summed E-state index contributed by atoms with van der Waals surface area (Å²) in [6.07, 6.45) is 2.04. The summed E-state index contributed by atoms with van der Waals surface area (Å²) in [7, 11) is 1.62. The zero-order valence-corrected chi connectivity index (χ0v) is 12.1. The van der Waals surface area contributed by atoms with Gasteiger partial charge in [-0.2, -0.15) is 0 Å². The lowest BCUT2D eigenvalue weighted by molar-refractivity contribution is 0.199. The Balaban J connectivity index is 2.07. The van der Waals surface area contributed by atoms with Gasteiger partial charge in [-0.1, -0.05) is 0 Å². The van der Waals surface area contributed by atoms with Gasteiger partial charge in [0.2, 0.25) is 0 Å². The first-order valence-corrected chi connectivity index (χ1v) is 7.11. The van der Waals surface area contributed by atoms with Crippen molar-refractivity contribution in [1.29, 1.82) is 0 Å². The minimum atomic E-state index is -0.470. The number of hydrogen-bond acceptors (Lipinski definition) is 3. The molecule has 1 aliphatic carbocycles. The van der Waals surface area contributed by atoms with Crippen molar-refractivity contribution >= 4 is 5.69 Å². The summed E-state index contributed by atoms with van der Waals surface area (Å²) in [4.78, 5) is 1.83. The van der Waals surface area contributed by atoms with Crippen LogP contribution < -0.4 is 10.2 Å². The Kier molecular flexibility index (Phi) is 5.31. The molecule has 0 unspecified atom stereocenters. The Labute approximate surface area is 118 Å². The van der Waals surface area contributed by atoms with Gasteiger partial charge in [0.05, 0.1) is 6.61 Å². The topological polar surface area (TPSA) is 24.5 Å². The number of halogens is 2. The largest absolute Gasteiger partial charge is 0.383 e. The van der Waals surface area contributed by atoms with Crippen molar-refractivity contribution in [3.8, 4) is 0 Å². The van der Waals surface area contributed by atoms with Crippen LogP contribution in [-0.2, 0) is 11.3 Å². The Hall–Kier alpha value is -1.20. The molecule has 0 amide bonds. The number of nitrogens with one attached hydrogen (secondary N) is 1. The standard InChI is InChI=1S/C15H22F2N2O/c1-3-19(12-4-5-12)15-13(16)8-11(9-14(15)17)10-18-6-7-20-2/h8-9,12,18H,3-7,10H2,1-2H3. The van der Waals surface area contributed by atoms with Crippen molar-refractivity contribution in [2.45, 2.75) is 32.4 Å². The van der Waals surface area contributed by atoms with Gasteiger partial charge in [0.15, 0.2) is 0 Å². The quantitative estimate of drug-likeness (QED) is 0.743. The molecule has 1 aromatic rings. The van der Waals surface area contributed by atoms with Crippen LogP contribution >= 0.6 is 0 Å². The van der Waals surface area contributed by atoms with E-state index < -0.39 is 11.6 Å². The molecule has 112 valence electrons. The predicted octanol–water partition coefficient (Wildman–Crippen LogP) is 2.69. The van der Waals surface area contributed by atoms with E-state index in [-0.39, 0.29) is 5.69 Å². The van der Waals surface area contributed by atoms with Crippen LogP contribution in [0, 0.1) is 11.6 Å². The Bertz CT molecular complexity index is 426. The summed E-state index contributed by atoms with van der Waals surface area (Å²) >= 11 is 0. The molecule has 0 aromatic heterocycles. The Morgan fingerprint density at radius 3 is 2.45 bits per heavy atom. The van der Waals surface area contributed by atoms with E-state index in [4.69, 9.17) is 4.74 Å². The second-order valence-corrected chi connectivity index (χ2v) is 5.09. The zero-order chi connectivity index (χ0) is 14.5. The first-order valence-electron chi connectivity index (χ1n) is 7.11. The molecular weight excluding hydrogens is 262 g/mol. The van der Waals surface area contributed by atoms with Gasteiger partial charge in [-0.05, 0) is 37.5 Å². The lowest BCUT2D eigenvalue weighted by Crippen LogP contribution is -2.27. The van der Waals surface area contributed by atoms with E-state index in [2.05, 4.69) is 5.32 Å². The Morgan fingerprint density at radius 2 is 1.95 bits per heavy atom. The minimum Gasteiger partial charge on any atom is -0.383 e. The van der Waals surface area contributed by atoms with E-state index in [0.717, 1.165) is 12.8 Å². The van der Waals surface area contributed by atoms with Crippen molar-refractivity contribution in [1.82, 2.24) is 5.32 Å². The molecule has 0 saturated heterocycles. The monoisotopic (exact) mass is 284 g/mol. The third-order valence-corrected chi connectivity index (χ3v) is 3.50. The van der Waals surface area contributed by atoms with E-state index in [9.17, 15) is 8.78 Å². The molecular formula is C15H22F2N2O. The molecule has 0 heterocycles. The second-order valence-electron chi connectivity index (χ2n) is 5.09. The molecule has 20 heavy (non-hydrogen) atoms. The number of hydrogen-bond donors (Lipinski definition) is 1. The predicted molar refractivity (Wildman–Crippen MR) is 76.0 cm³/mol. The van der Waals surface area contributed by atoms with Crippen molar-refractivity contribution < 1.29 is 13.5 Å². The molecule has 0 atom stereocenters. The van der Waals surface area contributed by atoms with Gasteiger partial charge in [-0.25, -0.2) is 8.78 Å². The van der Waals surface area contributed by atoms with Crippen LogP contribution in [-0.4, -0.2) is 32.8 Å². The number of rotatable bonds is 8. The fourth-order valence-electron chi connectivity index (χ4n) is 2.39. The first kappa shape index (κ1) is 15.2. The highest BCUT2D eigenvalue weighted by atomic mass is 19.1. The highest BCUT2D eigenvalue weighted by Crippen LogP contribution is 2.34. The van der Waals surface area contributed by atoms with Gasteiger partial charge in [0.1, 0.15) is 17.3 Å². The molecule has 2 rings (SSSR count). The van der Waals surface area contributed by atoms with Crippen LogP contribution in [0.25, 0.3) is 0 Å². The summed E-state index contributed by atoms with van der Waals surface area (Å²) < 4.78 is 33.3. The molecule has 0 radical (unpaired) electrons. The van der Waals surface area contributed by atoms with Gasteiger partial charge in [-0.15, -0.1) is 0 Å². The number of nitrogens with zero attached hydrogens (tertiary/aromatic N) is 1. The molecule has 1 aliphatic rings. The van der Waals surface area contributed by atoms with E-state index in [1.165, 1.54) is 12.1 Å². The third kappa shape index (κ3) is 3.67. The van der Waals surface area contributed by atoms with Gasteiger partial charge in [0, 0.05) is 32.8 Å². The molecule has 1 fully saturated rings. The molecule has 5 heteroatoms. The molecule has 3 nitrogen and oxygen atoms in total. The van der Waals surface area contributed by atoms with E-state index in [1.807, 2.05) is 11.8 Å². The first-order chi connectivity index (χ1) is 9.67. The zero-order valence-electron chi connectivity index (χ0n) is 12.1. The summed E-state index contributed by atoms with van der Waals surface area (Å²) in [5, 5.41) is 3.08. The normalized spacial score (nSPS) is 14.6. The summed E-state index contributed by atoms with van der Waals surface area (Å²) in [6, 6.07) is 3.14. The van der Waals surface area contributed by atoms with Crippen LogP contribution in [0.5, 0.6) is 0 Å². The number of methoxy groups -OCH3 is 1. The molecule has 0 spiro atoms. The van der Waals surface area contributed by atoms with Crippen molar-refractivity contribution in [3.63, 3.8) is 0 Å². The van der Waals surface area contributed by atoms with Crippen LogP contribution in [0.4, 0.5) is 14.5 Å². The molecule has 1 N–H and O–H groups in total. The summed E-state index contributed by atoms with van der Waals surface area (Å²) in [5.74, 6) is -0.940. The number of ether oxygens (including phenoxy) is 1. The van der Waals surface area contributed by atoms with Crippen LogP contribution in [0.15, 0.2) is 12.1 Å². The van der Waals surface area contributed by atoms with Crippen molar-refractivity contribution in [3.05, 3.63) is 29.3 Å². The fourth-order valence-corrected chi connectivity index (χ4v) is 2.39. The maximum atomic E-state index is 14.2. The Morgan fingerprint density at radius 1 is 1.30 bits per heavy atom. The lowest BCUT2D eigenvalue weighted by atomic mass is 10.1. The van der Waals surface area contributed by atoms with Crippen LogP contribution in [0.3, 0.4) is 0 Å². The van der Waals surface area contributed by atoms with E-state index in [1.54, 1.807) is 7.11 Å². The summed E-state index contributed by atoms with van der Waals surface area (Å²) in [6.45, 7) is 4.23. The van der Waals surface area contributed by atoms with Crippen molar-refractivity contribution in [2.24, 2.45) is 0 Å². The smallest absolute Gasteiger partial charge is 0.149 e. The highest BCUT2D eigenvalue weighted by Gasteiger charge is 2.31. The van der Waals surface area contributed by atoms with E-state index >= 15 is 0 Å². The fraction of sp³-hybridized carbons (Fsp3) is 0.600. The second kappa shape index (κ2) is 6.99. The maximum absolute atomic E-state index is 14.2. The van der Waals surface area contributed by atoms with Gasteiger partial charge in [-0.3, -0.25) is 0 Å². The van der Waals surface area contributed by atoms with Gasteiger partial charge in [0.25, 0.3) is 0 Å². The average Bonchev–Trinajstić information content (AvgIpc) is 3.23. The van der Waals surface area contributed by atoms with E-state index in [0.29, 0.717) is 37.8 Å². The SMILES string of the molecule is CCN(c1c(F)cc(CNCCOC)cc1F)C1CC1. The molecule has 0 aliphatic heterocycles. The van der Waals surface area contributed by atoms with Crippen LogP contribution in [0.2, 0.25) is 0 Å². The number of benzene rings is 1. The van der Waals surface area contributed by atoms with Gasteiger partial charge < -0.3 is 15.0 Å². The molecule has 1 saturated carbocycles. The lowest BCUT2D eigenvalue weighted by Gasteiger charge is -2.24. The highest BCUT2D eigenvalue weighted by molar-refractivity contribution is 5.52. The minimum absolute atomic E-state index is 0.121. The number of anilines is 1. The van der Waals surface area contributed by atoms with Crippen LogP contribution in [0.1, 0.15) is 25.3 Å². The molecule has 1 aromatic carbocycles. The third-order valence-electron chi connectivity index (χ3n) is 3.50. The van der Waals surface area contributed by atoms with Gasteiger partial charge >= 0.3 is 0 Å².